The van der Waals surface area contributed by atoms with Crippen molar-refractivity contribution >= 4 is 10.1 Å². The molecule has 0 bridgehead atoms. The maximum Gasteiger partial charge on any atom is 0.297 e. The predicted molar refractivity (Wildman–Crippen MR) is 83.9 cm³/mol. The Morgan fingerprint density at radius 2 is 1.95 bits per heavy atom. The minimum absolute atomic E-state index is 0.00275. The Hall–Kier alpha value is -1.79. The first-order valence-corrected chi connectivity index (χ1v) is 8.08. The molecule has 1 heterocycles. The van der Waals surface area contributed by atoms with Crippen molar-refractivity contribution < 1.29 is 12.6 Å². The van der Waals surface area contributed by atoms with E-state index < -0.39 is 10.1 Å². The van der Waals surface area contributed by atoms with Gasteiger partial charge in [-0.25, -0.2) is 0 Å². The maximum absolute atomic E-state index is 11.3. The zero-order valence-corrected chi connectivity index (χ0v) is 13.3. The lowest BCUT2D eigenvalue weighted by Gasteiger charge is -2.14. The quantitative estimate of drug-likeness (QED) is 0.617. The Bertz CT molecular complexity index is 556. The van der Waals surface area contributed by atoms with Crippen LogP contribution >= 0.6 is 0 Å². The van der Waals surface area contributed by atoms with Crippen LogP contribution in [0.3, 0.4) is 0 Å². The second-order valence-electron chi connectivity index (χ2n) is 4.44. The minimum Gasteiger partial charge on any atom is -0.362 e. The molecule has 0 unspecified atom stereocenters. The van der Waals surface area contributed by atoms with Crippen LogP contribution in [0.15, 0.2) is 60.3 Å². The first kappa shape index (κ1) is 17.3. The highest BCUT2D eigenvalue weighted by Gasteiger charge is 2.12. The van der Waals surface area contributed by atoms with E-state index in [0.717, 1.165) is 13.2 Å². The van der Waals surface area contributed by atoms with Crippen molar-refractivity contribution in [3.8, 4) is 0 Å². The van der Waals surface area contributed by atoms with Crippen LogP contribution in [0.2, 0.25) is 0 Å². The average molecular weight is 310 g/mol. The summed E-state index contributed by atoms with van der Waals surface area (Å²) in [6, 6.07) is 8.00. The Kier molecular flexibility index (Phi) is 6.98. The third-order valence-corrected chi connectivity index (χ3v) is 4.01. The van der Waals surface area contributed by atoms with Gasteiger partial charge in [0.15, 0.2) is 0 Å². The molecule has 0 saturated heterocycles. The highest BCUT2D eigenvalue weighted by atomic mass is 32.2. The van der Waals surface area contributed by atoms with Crippen molar-refractivity contribution in [1.82, 2.24) is 9.80 Å². The molecule has 0 aromatic heterocycles. The van der Waals surface area contributed by atoms with E-state index in [1.165, 1.54) is 18.2 Å². The summed E-state index contributed by atoms with van der Waals surface area (Å²) >= 11 is 0. The van der Waals surface area contributed by atoms with Gasteiger partial charge in [-0.1, -0.05) is 24.3 Å². The van der Waals surface area contributed by atoms with E-state index in [4.69, 9.17) is 0 Å². The highest BCUT2D eigenvalue weighted by molar-refractivity contribution is 7.86. The first-order chi connectivity index (χ1) is 9.99. The third kappa shape index (κ3) is 6.01. The Labute approximate surface area is 127 Å². The zero-order chi connectivity index (χ0) is 15.7. The van der Waals surface area contributed by atoms with E-state index in [1.54, 1.807) is 18.2 Å². The Balaban J connectivity index is 0.000000235. The molecule has 1 aliphatic heterocycles. The van der Waals surface area contributed by atoms with Gasteiger partial charge in [0.25, 0.3) is 10.1 Å². The normalized spacial score (nSPS) is 13.8. The van der Waals surface area contributed by atoms with Crippen LogP contribution in [-0.4, -0.2) is 45.1 Å². The molecule has 0 fully saturated rings. The molecule has 0 saturated carbocycles. The standard InChI is InChI=1S/C9H10O3S.C6H12N2/c1-2-8-12-13(10,11)9-6-4-3-5-7-9;1-3-8-5-4-7(2)6-8/h2-7H,1,8H2;4-5H,3,6H2,1-2H3. The van der Waals surface area contributed by atoms with Crippen LogP contribution in [0.4, 0.5) is 0 Å². The van der Waals surface area contributed by atoms with Crippen LogP contribution in [0.25, 0.3) is 0 Å². The molecule has 0 spiro atoms. The fourth-order valence-electron chi connectivity index (χ4n) is 1.59. The van der Waals surface area contributed by atoms with Gasteiger partial charge in [0.05, 0.1) is 18.2 Å². The number of benzene rings is 1. The van der Waals surface area contributed by atoms with Crippen LogP contribution in [0.1, 0.15) is 6.92 Å². The number of hydrogen-bond donors (Lipinski definition) is 0. The Morgan fingerprint density at radius 3 is 2.38 bits per heavy atom. The van der Waals surface area contributed by atoms with Gasteiger partial charge in [0, 0.05) is 26.0 Å². The van der Waals surface area contributed by atoms with Crippen LogP contribution < -0.4 is 0 Å². The van der Waals surface area contributed by atoms with Gasteiger partial charge in [-0.3, -0.25) is 4.18 Å². The SMILES string of the molecule is C=CCOS(=O)(=O)c1ccccc1.CCN1C=CN(C)C1. The van der Waals surface area contributed by atoms with E-state index >= 15 is 0 Å². The van der Waals surface area contributed by atoms with Gasteiger partial charge < -0.3 is 9.80 Å². The fourth-order valence-corrected chi connectivity index (χ4v) is 2.49. The van der Waals surface area contributed by atoms with Gasteiger partial charge in [0.2, 0.25) is 0 Å². The molecule has 1 aromatic rings. The number of nitrogens with zero attached hydrogens (tertiary/aromatic N) is 2. The first-order valence-electron chi connectivity index (χ1n) is 6.67. The maximum atomic E-state index is 11.3. The summed E-state index contributed by atoms with van der Waals surface area (Å²) in [5.41, 5.74) is 0. The lowest BCUT2D eigenvalue weighted by molar-refractivity contribution is 0.308. The molecular formula is C15H22N2O3S. The molecule has 2 rings (SSSR count). The van der Waals surface area contributed by atoms with Crippen LogP contribution in [0, 0.1) is 0 Å². The summed E-state index contributed by atoms with van der Waals surface area (Å²) in [6.45, 7) is 7.69. The van der Waals surface area contributed by atoms with Crippen molar-refractivity contribution in [1.29, 1.82) is 0 Å². The van der Waals surface area contributed by atoms with Crippen molar-refractivity contribution in [3.63, 3.8) is 0 Å². The molecule has 1 aliphatic rings. The largest absolute Gasteiger partial charge is 0.362 e. The van der Waals surface area contributed by atoms with E-state index in [9.17, 15) is 8.42 Å². The van der Waals surface area contributed by atoms with Gasteiger partial charge in [-0.15, -0.1) is 6.58 Å². The summed E-state index contributed by atoms with van der Waals surface area (Å²) in [5.74, 6) is 0. The van der Waals surface area contributed by atoms with E-state index in [1.807, 2.05) is 0 Å². The molecule has 0 radical (unpaired) electrons. The molecule has 0 aliphatic carbocycles. The fraction of sp³-hybridized carbons (Fsp3) is 0.333. The zero-order valence-electron chi connectivity index (χ0n) is 12.5. The van der Waals surface area contributed by atoms with E-state index in [0.29, 0.717) is 0 Å². The van der Waals surface area contributed by atoms with Gasteiger partial charge >= 0.3 is 0 Å². The molecule has 5 nitrogen and oxygen atoms in total. The molecule has 0 N–H and O–H groups in total. The van der Waals surface area contributed by atoms with Crippen molar-refractivity contribution in [2.24, 2.45) is 0 Å². The minimum atomic E-state index is -3.59. The van der Waals surface area contributed by atoms with Gasteiger partial charge in [-0.05, 0) is 19.1 Å². The molecule has 21 heavy (non-hydrogen) atoms. The molecule has 116 valence electrons. The molecule has 0 amide bonds. The number of hydrogen-bond acceptors (Lipinski definition) is 5. The summed E-state index contributed by atoms with van der Waals surface area (Å²) in [6.07, 6.45) is 5.59. The smallest absolute Gasteiger partial charge is 0.297 e. The second-order valence-corrected chi connectivity index (χ2v) is 6.06. The number of rotatable bonds is 5. The summed E-state index contributed by atoms with van der Waals surface area (Å²) < 4.78 is 27.3. The second kappa shape index (κ2) is 8.49. The molecular weight excluding hydrogens is 288 g/mol. The van der Waals surface area contributed by atoms with Gasteiger partial charge in [0.1, 0.15) is 0 Å². The van der Waals surface area contributed by atoms with E-state index in [2.05, 4.69) is 46.9 Å². The average Bonchev–Trinajstić information content (AvgIpc) is 2.92. The highest BCUT2D eigenvalue weighted by Crippen LogP contribution is 2.10. The summed E-state index contributed by atoms with van der Waals surface area (Å²) in [4.78, 5) is 4.57. The lowest BCUT2D eigenvalue weighted by atomic mass is 10.4. The summed E-state index contributed by atoms with van der Waals surface area (Å²) in [5, 5.41) is 0. The Morgan fingerprint density at radius 1 is 1.29 bits per heavy atom. The van der Waals surface area contributed by atoms with Crippen LogP contribution in [-0.2, 0) is 14.3 Å². The lowest BCUT2D eigenvalue weighted by Crippen LogP contribution is -2.21. The topological polar surface area (TPSA) is 49.9 Å². The monoisotopic (exact) mass is 310 g/mol. The van der Waals surface area contributed by atoms with Crippen molar-refractivity contribution in [2.75, 3.05) is 26.9 Å². The van der Waals surface area contributed by atoms with Crippen molar-refractivity contribution in [2.45, 2.75) is 11.8 Å². The molecule has 0 atom stereocenters. The van der Waals surface area contributed by atoms with Crippen molar-refractivity contribution in [3.05, 3.63) is 55.4 Å². The van der Waals surface area contributed by atoms with E-state index in [-0.39, 0.29) is 11.5 Å². The molecule has 6 heteroatoms. The third-order valence-electron chi connectivity index (χ3n) is 2.72. The predicted octanol–water partition coefficient (Wildman–Crippen LogP) is 2.26. The van der Waals surface area contributed by atoms with Gasteiger partial charge in [-0.2, -0.15) is 8.42 Å². The summed E-state index contributed by atoms with van der Waals surface area (Å²) in [7, 11) is -1.52. The van der Waals surface area contributed by atoms with Crippen LogP contribution in [0.5, 0.6) is 0 Å². The molecule has 1 aromatic carbocycles.